The van der Waals surface area contributed by atoms with Gasteiger partial charge in [-0.2, -0.15) is 0 Å². The number of amides is 1. The fraction of sp³-hybridized carbons (Fsp3) is 0.478. The number of rotatable bonds is 10. The average Bonchev–Trinajstić information content (AvgIpc) is 2.77. The molecule has 1 aliphatic heterocycles. The topological polar surface area (TPSA) is 57.7 Å². The van der Waals surface area contributed by atoms with Crippen LogP contribution in [0.15, 0.2) is 42.6 Å². The quantitative estimate of drug-likeness (QED) is 0.435. The minimum Gasteiger partial charge on any atom is -0.492 e. The molecule has 0 spiro atoms. The Bertz CT molecular complexity index is 801. The van der Waals surface area contributed by atoms with Crippen LogP contribution in [-0.2, 0) is 10.5 Å². The Morgan fingerprint density at radius 2 is 1.97 bits per heavy atom. The summed E-state index contributed by atoms with van der Waals surface area (Å²) < 4.78 is 5.83. The van der Waals surface area contributed by atoms with Gasteiger partial charge in [-0.05, 0) is 44.2 Å². The summed E-state index contributed by atoms with van der Waals surface area (Å²) >= 11 is 1.55. The van der Waals surface area contributed by atoms with E-state index in [9.17, 15) is 4.79 Å². The highest BCUT2D eigenvalue weighted by molar-refractivity contribution is 14.0. The average molecular weight is 557 g/mol. The van der Waals surface area contributed by atoms with E-state index in [2.05, 4.69) is 39.2 Å². The number of benzene rings is 1. The highest BCUT2D eigenvalue weighted by Crippen LogP contribution is 2.31. The van der Waals surface area contributed by atoms with Crippen molar-refractivity contribution in [2.75, 3.05) is 55.3 Å². The number of pyridine rings is 1. The fourth-order valence-electron chi connectivity index (χ4n) is 3.55. The fourth-order valence-corrected chi connectivity index (χ4v) is 4.29. The second-order valence-electron chi connectivity index (χ2n) is 7.30. The molecule has 0 unspecified atom stereocenters. The lowest BCUT2D eigenvalue weighted by molar-refractivity contribution is -0.113. The third kappa shape index (κ3) is 8.16. The highest BCUT2D eigenvalue weighted by Gasteiger charge is 2.18. The minimum absolute atomic E-state index is 0. The van der Waals surface area contributed by atoms with Crippen LogP contribution < -0.4 is 15.0 Å². The third-order valence-corrected chi connectivity index (χ3v) is 5.99. The zero-order chi connectivity index (χ0) is 21.2. The second kappa shape index (κ2) is 13.8. The Hall–Kier alpha value is -1.52. The first kappa shape index (κ1) is 25.7. The molecule has 1 aromatic heterocycles. The number of carbonyl (C=O) groups excluding carboxylic acids is 1. The molecule has 0 bridgehead atoms. The van der Waals surface area contributed by atoms with E-state index in [1.54, 1.807) is 18.0 Å². The predicted octanol–water partition coefficient (Wildman–Crippen LogP) is 4.50. The van der Waals surface area contributed by atoms with Gasteiger partial charge in [-0.25, -0.2) is 0 Å². The van der Waals surface area contributed by atoms with E-state index in [4.69, 9.17) is 4.74 Å². The summed E-state index contributed by atoms with van der Waals surface area (Å²) in [6, 6.07) is 11.9. The maximum absolute atomic E-state index is 12.4. The number of ether oxygens (including phenoxy) is 1. The van der Waals surface area contributed by atoms with Gasteiger partial charge in [-0.15, -0.1) is 35.7 Å². The van der Waals surface area contributed by atoms with Gasteiger partial charge < -0.3 is 15.0 Å². The molecule has 0 atom stereocenters. The van der Waals surface area contributed by atoms with Crippen LogP contribution >= 0.6 is 35.7 Å². The van der Waals surface area contributed by atoms with Crippen LogP contribution in [0, 0.1) is 0 Å². The molecule has 0 aliphatic carbocycles. The van der Waals surface area contributed by atoms with E-state index in [1.165, 1.54) is 13.0 Å². The van der Waals surface area contributed by atoms with E-state index in [0.29, 0.717) is 12.4 Å². The SMILES string of the molecule is CCCN1CCN(c2ccc(NC(=O)CSCc3ccccn3)c(OCC)c2)CC1.I. The molecule has 2 aromatic rings. The summed E-state index contributed by atoms with van der Waals surface area (Å²) in [4.78, 5) is 21.6. The number of halogens is 1. The number of aromatic nitrogens is 1. The van der Waals surface area contributed by atoms with E-state index in [0.717, 1.165) is 54.8 Å². The molecular weight excluding hydrogens is 523 g/mol. The normalized spacial score (nSPS) is 14.1. The Balaban J connectivity index is 0.00000341. The summed E-state index contributed by atoms with van der Waals surface area (Å²) in [5, 5.41) is 3.00. The first-order valence-corrected chi connectivity index (χ1v) is 11.9. The summed E-state index contributed by atoms with van der Waals surface area (Å²) in [6.45, 7) is 10.1. The molecule has 1 amide bonds. The van der Waals surface area contributed by atoms with Gasteiger partial charge in [0.15, 0.2) is 0 Å². The van der Waals surface area contributed by atoms with Crippen molar-refractivity contribution in [3.63, 3.8) is 0 Å². The summed E-state index contributed by atoms with van der Waals surface area (Å²) in [5.41, 5.74) is 2.86. The van der Waals surface area contributed by atoms with Crippen molar-refractivity contribution in [3.05, 3.63) is 48.3 Å². The molecule has 3 rings (SSSR count). The predicted molar refractivity (Wildman–Crippen MR) is 141 cm³/mol. The molecule has 1 fully saturated rings. The third-order valence-electron chi connectivity index (χ3n) is 5.03. The Morgan fingerprint density at radius 1 is 1.16 bits per heavy atom. The minimum atomic E-state index is -0.0298. The van der Waals surface area contributed by atoms with Crippen LogP contribution in [0.4, 0.5) is 11.4 Å². The largest absolute Gasteiger partial charge is 0.492 e. The summed E-state index contributed by atoms with van der Waals surface area (Å²) in [6.07, 6.45) is 2.97. The van der Waals surface area contributed by atoms with Gasteiger partial charge in [0.1, 0.15) is 5.75 Å². The molecule has 170 valence electrons. The molecule has 31 heavy (non-hydrogen) atoms. The van der Waals surface area contributed by atoms with Gasteiger partial charge in [-0.1, -0.05) is 13.0 Å². The standard InChI is InChI=1S/C23H32N4O2S.HI/c1-3-11-26-12-14-27(15-13-26)20-8-9-21(22(16-20)29-4-2)25-23(28)18-30-17-19-7-5-6-10-24-19;/h5-10,16H,3-4,11-15,17-18H2,1-2H3,(H,25,28);1H. The van der Waals surface area contributed by atoms with Crippen molar-refractivity contribution in [2.45, 2.75) is 26.0 Å². The van der Waals surface area contributed by atoms with Gasteiger partial charge in [0.05, 0.1) is 23.7 Å². The zero-order valence-electron chi connectivity index (χ0n) is 18.4. The lowest BCUT2D eigenvalue weighted by Gasteiger charge is -2.36. The molecule has 1 aromatic carbocycles. The van der Waals surface area contributed by atoms with Crippen LogP contribution in [0.3, 0.4) is 0 Å². The van der Waals surface area contributed by atoms with Crippen molar-refractivity contribution in [2.24, 2.45) is 0 Å². The molecule has 1 N–H and O–H groups in total. The number of thioether (sulfide) groups is 1. The number of anilines is 2. The van der Waals surface area contributed by atoms with E-state index >= 15 is 0 Å². The highest BCUT2D eigenvalue weighted by atomic mass is 127. The first-order valence-electron chi connectivity index (χ1n) is 10.7. The molecule has 8 heteroatoms. The molecule has 1 saturated heterocycles. The van der Waals surface area contributed by atoms with Crippen LogP contribution in [0.1, 0.15) is 26.0 Å². The Morgan fingerprint density at radius 3 is 2.65 bits per heavy atom. The van der Waals surface area contributed by atoms with Crippen molar-refractivity contribution in [1.29, 1.82) is 0 Å². The Kier molecular flexibility index (Phi) is 11.5. The Labute approximate surface area is 207 Å². The zero-order valence-corrected chi connectivity index (χ0v) is 21.5. The first-order chi connectivity index (χ1) is 14.7. The molecule has 0 radical (unpaired) electrons. The number of hydrogen-bond acceptors (Lipinski definition) is 6. The number of hydrogen-bond donors (Lipinski definition) is 1. The number of piperazine rings is 1. The molecule has 6 nitrogen and oxygen atoms in total. The van der Waals surface area contributed by atoms with Gasteiger partial charge in [0.25, 0.3) is 0 Å². The van der Waals surface area contributed by atoms with Crippen LogP contribution in [0.2, 0.25) is 0 Å². The lowest BCUT2D eigenvalue weighted by atomic mass is 10.2. The van der Waals surface area contributed by atoms with Crippen molar-refractivity contribution in [1.82, 2.24) is 9.88 Å². The maximum atomic E-state index is 12.4. The molecule has 0 saturated carbocycles. The van der Waals surface area contributed by atoms with Gasteiger partial charge in [0, 0.05) is 49.9 Å². The van der Waals surface area contributed by atoms with E-state index in [-0.39, 0.29) is 29.9 Å². The lowest BCUT2D eigenvalue weighted by Crippen LogP contribution is -2.46. The number of carbonyl (C=O) groups is 1. The summed E-state index contributed by atoms with van der Waals surface area (Å²) in [7, 11) is 0. The van der Waals surface area contributed by atoms with E-state index < -0.39 is 0 Å². The smallest absolute Gasteiger partial charge is 0.234 e. The molecule has 1 aliphatic rings. The maximum Gasteiger partial charge on any atom is 0.234 e. The van der Waals surface area contributed by atoms with Crippen LogP contribution in [-0.4, -0.2) is 60.9 Å². The van der Waals surface area contributed by atoms with Crippen molar-refractivity contribution < 1.29 is 9.53 Å². The van der Waals surface area contributed by atoms with E-state index in [1.807, 2.05) is 31.2 Å². The van der Waals surface area contributed by atoms with Crippen LogP contribution in [0.25, 0.3) is 0 Å². The van der Waals surface area contributed by atoms with Gasteiger partial charge in [-0.3, -0.25) is 14.7 Å². The van der Waals surface area contributed by atoms with Crippen LogP contribution in [0.5, 0.6) is 5.75 Å². The van der Waals surface area contributed by atoms with Crippen molar-refractivity contribution >= 4 is 53.0 Å². The second-order valence-corrected chi connectivity index (χ2v) is 8.29. The number of nitrogens with zero attached hydrogens (tertiary/aromatic N) is 3. The molecular formula is C23H33IN4O2S. The van der Waals surface area contributed by atoms with Gasteiger partial charge in [0.2, 0.25) is 5.91 Å². The number of nitrogens with one attached hydrogen (secondary N) is 1. The monoisotopic (exact) mass is 556 g/mol. The summed E-state index contributed by atoms with van der Waals surface area (Å²) in [5.74, 6) is 1.80. The van der Waals surface area contributed by atoms with Gasteiger partial charge >= 0.3 is 0 Å². The molecule has 2 heterocycles. The van der Waals surface area contributed by atoms with Crippen molar-refractivity contribution in [3.8, 4) is 5.75 Å².